The van der Waals surface area contributed by atoms with Gasteiger partial charge in [-0.3, -0.25) is 4.79 Å². The van der Waals surface area contributed by atoms with Crippen molar-refractivity contribution in [2.45, 2.75) is 18.9 Å². The van der Waals surface area contributed by atoms with Crippen molar-refractivity contribution in [2.24, 2.45) is 0 Å². The lowest BCUT2D eigenvalue weighted by molar-refractivity contribution is 0.0692. The van der Waals surface area contributed by atoms with Crippen LogP contribution in [0.25, 0.3) is 5.69 Å². The van der Waals surface area contributed by atoms with Crippen molar-refractivity contribution in [3.63, 3.8) is 0 Å². The van der Waals surface area contributed by atoms with Gasteiger partial charge in [-0.1, -0.05) is 5.21 Å². The number of hydrogen-bond acceptors (Lipinski definition) is 4. The van der Waals surface area contributed by atoms with Crippen LogP contribution in [-0.4, -0.2) is 52.0 Å². The van der Waals surface area contributed by atoms with Gasteiger partial charge in [0.25, 0.3) is 5.91 Å². The van der Waals surface area contributed by atoms with Crippen molar-refractivity contribution in [1.82, 2.24) is 25.2 Å². The Morgan fingerprint density at radius 1 is 1.36 bits per heavy atom. The fourth-order valence-corrected chi connectivity index (χ4v) is 2.64. The van der Waals surface area contributed by atoms with E-state index in [-0.39, 0.29) is 11.7 Å². The van der Waals surface area contributed by atoms with Gasteiger partial charge in [0.2, 0.25) is 0 Å². The molecule has 1 aromatic carbocycles. The van der Waals surface area contributed by atoms with Crippen LogP contribution in [0.15, 0.2) is 30.5 Å². The summed E-state index contributed by atoms with van der Waals surface area (Å²) >= 11 is 0. The first-order valence-electron chi connectivity index (χ1n) is 7.32. The molecule has 1 fully saturated rings. The van der Waals surface area contributed by atoms with Gasteiger partial charge in [-0.25, -0.2) is 9.07 Å². The number of carbonyl (C=O) groups is 1. The molecule has 7 heteroatoms. The molecule has 2 aromatic rings. The molecule has 3 rings (SSSR count). The number of piperidine rings is 1. The van der Waals surface area contributed by atoms with E-state index in [2.05, 4.69) is 15.6 Å². The minimum atomic E-state index is -0.313. The number of likely N-dealkylation sites (tertiary alicyclic amines) is 1. The summed E-state index contributed by atoms with van der Waals surface area (Å²) in [5.41, 5.74) is 0.973. The van der Waals surface area contributed by atoms with Crippen LogP contribution in [-0.2, 0) is 0 Å². The summed E-state index contributed by atoms with van der Waals surface area (Å²) in [4.78, 5) is 14.3. The predicted molar refractivity (Wildman–Crippen MR) is 79.3 cm³/mol. The normalized spacial score (nSPS) is 18.5. The van der Waals surface area contributed by atoms with Crippen LogP contribution < -0.4 is 5.32 Å². The number of nitrogens with one attached hydrogen (secondary N) is 1. The molecule has 1 aliphatic rings. The van der Waals surface area contributed by atoms with Gasteiger partial charge in [0.15, 0.2) is 5.69 Å². The third-order valence-corrected chi connectivity index (χ3v) is 3.92. The minimum absolute atomic E-state index is 0.117. The van der Waals surface area contributed by atoms with Crippen LogP contribution in [0, 0.1) is 5.82 Å². The first-order chi connectivity index (χ1) is 10.7. The van der Waals surface area contributed by atoms with Crippen LogP contribution in [0.3, 0.4) is 0 Å². The van der Waals surface area contributed by atoms with E-state index in [4.69, 9.17) is 0 Å². The summed E-state index contributed by atoms with van der Waals surface area (Å²) in [6.07, 6.45) is 3.63. The van der Waals surface area contributed by atoms with E-state index >= 15 is 0 Å². The Labute approximate surface area is 127 Å². The van der Waals surface area contributed by atoms with E-state index in [0.29, 0.717) is 24.0 Å². The molecule has 0 unspecified atom stereocenters. The van der Waals surface area contributed by atoms with Gasteiger partial charge in [0.05, 0.1) is 11.9 Å². The van der Waals surface area contributed by atoms with E-state index in [1.165, 1.54) is 16.8 Å². The Balaban J connectivity index is 1.75. The largest absolute Gasteiger partial charge is 0.336 e. The molecule has 1 saturated heterocycles. The smallest absolute Gasteiger partial charge is 0.276 e. The summed E-state index contributed by atoms with van der Waals surface area (Å²) in [5.74, 6) is -0.431. The second kappa shape index (κ2) is 6.23. The number of amides is 1. The second-order valence-corrected chi connectivity index (χ2v) is 5.40. The number of hydrogen-bond donors (Lipinski definition) is 1. The molecular weight excluding hydrogens is 285 g/mol. The molecule has 0 bridgehead atoms. The van der Waals surface area contributed by atoms with Crippen molar-refractivity contribution in [1.29, 1.82) is 0 Å². The Morgan fingerprint density at radius 3 is 2.86 bits per heavy atom. The number of likely N-dealkylation sites (N-methyl/N-ethyl adjacent to an activating group) is 1. The SMILES string of the molecule is CN[C@@H]1CCCN(C(=O)c2cn(-c3ccc(F)cc3)nn2)C1. The predicted octanol–water partition coefficient (Wildman–Crippen LogP) is 1.23. The highest BCUT2D eigenvalue weighted by atomic mass is 19.1. The molecule has 1 aliphatic heterocycles. The van der Waals surface area contributed by atoms with Crippen LogP contribution in [0.5, 0.6) is 0 Å². The molecule has 1 atom stereocenters. The first kappa shape index (κ1) is 14.6. The zero-order valence-electron chi connectivity index (χ0n) is 12.4. The van der Waals surface area contributed by atoms with E-state index in [9.17, 15) is 9.18 Å². The van der Waals surface area contributed by atoms with Gasteiger partial charge in [-0.05, 0) is 44.2 Å². The van der Waals surface area contributed by atoms with Crippen molar-refractivity contribution in [3.8, 4) is 5.69 Å². The molecule has 0 aliphatic carbocycles. The van der Waals surface area contributed by atoms with Crippen LogP contribution in [0.1, 0.15) is 23.3 Å². The third kappa shape index (κ3) is 2.99. The number of benzene rings is 1. The fourth-order valence-electron chi connectivity index (χ4n) is 2.64. The van der Waals surface area contributed by atoms with Crippen LogP contribution >= 0.6 is 0 Å². The van der Waals surface area contributed by atoms with Crippen LogP contribution in [0.4, 0.5) is 4.39 Å². The van der Waals surface area contributed by atoms with E-state index < -0.39 is 0 Å². The standard InChI is InChI=1S/C15H18FN5O/c1-17-12-3-2-8-20(9-12)15(22)14-10-21(19-18-14)13-6-4-11(16)5-7-13/h4-7,10,12,17H,2-3,8-9H2,1H3/t12-/m1/s1. The number of halogens is 1. The monoisotopic (exact) mass is 303 g/mol. The molecule has 0 spiro atoms. The molecule has 1 amide bonds. The highest BCUT2D eigenvalue weighted by Crippen LogP contribution is 2.14. The Morgan fingerprint density at radius 2 is 2.14 bits per heavy atom. The summed E-state index contributed by atoms with van der Waals surface area (Å²) in [6, 6.07) is 6.21. The van der Waals surface area contributed by atoms with Crippen LogP contribution in [0.2, 0.25) is 0 Å². The van der Waals surface area contributed by atoms with Gasteiger partial charge >= 0.3 is 0 Å². The molecule has 22 heavy (non-hydrogen) atoms. The molecule has 1 N–H and O–H groups in total. The topological polar surface area (TPSA) is 63.1 Å². The number of rotatable bonds is 3. The lowest BCUT2D eigenvalue weighted by Crippen LogP contribution is -2.47. The molecule has 1 aromatic heterocycles. The minimum Gasteiger partial charge on any atom is -0.336 e. The van der Waals surface area contributed by atoms with Gasteiger partial charge in [-0.15, -0.1) is 5.10 Å². The Hall–Kier alpha value is -2.28. The van der Waals surface area contributed by atoms with Crippen molar-refractivity contribution >= 4 is 5.91 Å². The molecular formula is C15H18FN5O. The van der Waals surface area contributed by atoms with E-state index in [1.807, 2.05) is 7.05 Å². The number of aromatic nitrogens is 3. The van der Waals surface area contributed by atoms with E-state index in [0.717, 1.165) is 19.4 Å². The van der Waals surface area contributed by atoms with Crippen molar-refractivity contribution in [2.75, 3.05) is 20.1 Å². The number of nitrogens with zero attached hydrogens (tertiary/aromatic N) is 4. The van der Waals surface area contributed by atoms with Gasteiger partial charge in [-0.2, -0.15) is 0 Å². The molecule has 0 radical (unpaired) electrons. The summed E-state index contributed by atoms with van der Waals surface area (Å²) in [6.45, 7) is 1.42. The zero-order valence-corrected chi connectivity index (χ0v) is 12.4. The fraction of sp³-hybridized carbons (Fsp3) is 0.400. The van der Waals surface area contributed by atoms with Gasteiger partial charge in [0.1, 0.15) is 5.82 Å². The maximum atomic E-state index is 12.9. The maximum absolute atomic E-state index is 12.9. The van der Waals surface area contributed by atoms with Crippen molar-refractivity contribution < 1.29 is 9.18 Å². The number of carbonyl (C=O) groups excluding carboxylic acids is 1. The average Bonchev–Trinajstić information content (AvgIpc) is 3.05. The molecule has 2 heterocycles. The summed E-state index contributed by atoms with van der Waals surface area (Å²) in [7, 11) is 1.91. The highest BCUT2D eigenvalue weighted by Gasteiger charge is 2.25. The lowest BCUT2D eigenvalue weighted by Gasteiger charge is -2.31. The maximum Gasteiger partial charge on any atom is 0.276 e. The van der Waals surface area contributed by atoms with Gasteiger partial charge < -0.3 is 10.2 Å². The van der Waals surface area contributed by atoms with Gasteiger partial charge in [0, 0.05) is 19.1 Å². The zero-order chi connectivity index (χ0) is 15.5. The molecule has 6 nitrogen and oxygen atoms in total. The van der Waals surface area contributed by atoms with E-state index in [1.54, 1.807) is 23.2 Å². The quantitative estimate of drug-likeness (QED) is 0.926. The van der Waals surface area contributed by atoms with Crippen molar-refractivity contribution in [3.05, 3.63) is 42.0 Å². The third-order valence-electron chi connectivity index (χ3n) is 3.92. The molecule has 116 valence electrons. The highest BCUT2D eigenvalue weighted by molar-refractivity contribution is 5.92. The first-order valence-corrected chi connectivity index (χ1v) is 7.32. The lowest BCUT2D eigenvalue weighted by atomic mass is 10.1. The Kier molecular flexibility index (Phi) is 4.15. The molecule has 0 saturated carbocycles. The Bertz CT molecular complexity index is 654. The average molecular weight is 303 g/mol. The second-order valence-electron chi connectivity index (χ2n) is 5.40. The summed E-state index contributed by atoms with van der Waals surface area (Å²) in [5, 5.41) is 11.1. The summed E-state index contributed by atoms with van der Waals surface area (Å²) < 4.78 is 14.4.